The standard InChI is InChI=1S/C18H26N4O3S/c1-12(2)16-8-18(23)22(20-16)17-6-5-15(9-19-17)26(24,25)21-10-13(3)7-14(4)11-21/h5-6,9,12-14H,7-8,10-11H2,1-4H3. The van der Waals surface area contributed by atoms with Crippen molar-refractivity contribution in [3.63, 3.8) is 0 Å². The van der Waals surface area contributed by atoms with E-state index in [1.807, 2.05) is 13.8 Å². The van der Waals surface area contributed by atoms with E-state index in [2.05, 4.69) is 23.9 Å². The molecule has 0 aromatic carbocycles. The average Bonchev–Trinajstić information content (AvgIpc) is 2.96. The highest BCUT2D eigenvalue weighted by Gasteiger charge is 2.32. The number of pyridine rings is 1. The van der Waals surface area contributed by atoms with Crippen LogP contribution in [0.4, 0.5) is 5.82 Å². The number of carbonyl (C=O) groups excluding carboxylic acids is 1. The molecule has 1 aromatic heterocycles. The van der Waals surface area contributed by atoms with Gasteiger partial charge in [-0.15, -0.1) is 0 Å². The van der Waals surface area contributed by atoms with Crippen LogP contribution in [0.2, 0.25) is 0 Å². The Bertz CT molecular complexity index is 807. The summed E-state index contributed by atoms with van der Waals surface area (Å²) in [5.74, 6) is 1.07. The fraction of sp³-hybridized carbons (Fsp3) is 0.611. The van der Waals surface area contributed by atoms with Crippen molar-refractivity contribution in [3.05, 3.63) is 18.3 Å². The van der Waals surface area contributed by atoms with E-state index in [1.165, 1.54) is 17.3 Å². The molecule has 3 heterocycles. The molecule has 0 saturated carbocycles. The molecule has 0 spiro atoms. The molecule has 1 amide bonds. The van der Waals surface area contributed by atoms with Crippen LogP contribution < -0.4 is 5.01 Å². The number of hydrogen-bond donors (Lipinski definition) is 0. The van der Waals surface area contributed by atoms with Crippen molar-refractivity contribution >= 4 is 27.5 Å². The van der Waals surface area contributed by atoms with Crippen molar-refractivity contribution < 1.29 is 13.2 Å². The molecule has 142 valence electrons. The van der Waals surface area contributed by atoms with E-state index in [0.717, 1.165) is 12.1 Å². The normalized spacial score (nSPS) is 25.0. The number of hydrogen-bond acceptors (Lipinski definition) is 5. The number of rotatable bonds is 4. The SMILES string of the molecule is CC1CC(C)CN(S(=O)(=O)c2ccc(N3N=C(C(C)C)CC3=O)nc2)C1. The highest BCUT2D eigenvalue weighted by Crippen LogP contribution is 2.27. The molecular weight excluding hydrogens is 352 g/mol. The number of piperidine rings is 1. The van der Waals surface area contributed by atoms with E-state index in [4.69, 9.17) is 0 Å². The van der Waals surface area contributed by atoms with Gasteiger partial charge in [-0.25, -0.2) is 13.4 Å². The minimum atomic E-state index is -3.57. The van der Waals surface area contributed by atoms with E-state index in [9.17, 15) is 13.2 Å². The molecule has 0 bridgehead atoms. The Balaban J connectivity index is 1.82. The predicted molar refractivity (Wildman–Crippen MR) is 100 cm³/mol. The van der Waals surface area contributed by atoms with Gasteiger partial charge < -0.3 is 0 Å². The fourth-order valence-corrected chi connectivity index (χ4v) is 5.17. The Morgan fingerprint density at radius 2 is 1.81 bits per heavy atom. The van der Waals surface area contributed by atoms with Crippen LogP contribution in [0.1, 0.15) is 40.5 Å². The molecule has 1 saturated heterocycles. The molecule has 1 aromatic rings. The lowest BCUT2D eigenvalue weighted by Gasteiger charge is -2.33. The predicted octanol–water partition coefficient (Wildman–Crippen LogP) is 2.50. The van der Waals surface area contributed by atoms with Crippen molar-refractivity contribution in [1.82, 2.24) is 9.29 Å². The lowest BCUT2D eigenvalue weighted by molar-refractivity contribution is -0.117. The van der Waals surface area contributed by atoms with Crippen molar-refractivity contribution in [3.8, 4) is 0 Å². The lowest BCUT2D eigenvalue weighted by atomic mass is 9.94. The molecule has 2 atom stereocenters. The van der Waals surface area contributed by atoms with Gasteiger partial charge in [-0.3, -0.25) is 4.79 Å². The third kappa shape index (κ3) is 3.66. The first-order chi connectivity index (χ1) is 12.2. The number of anilines is 1. The third-order valence-corrected chi connectivity index (χ3v) is 6.69. The molecule has 2 unspecified atom stereocenters. The average molecular weight is 378 g/mol. The number of aromatic nitrogens is 1. The summed E-state index contributed by atoms with van der Waals surface area (Å²) in [6, 6.07) is 3.06. The molecule has 1 fully saturated rings. The molecular formula is C18H26N4O3S. The Kier molecular flexibility index (Phi) is 5.16. The van der Waals surface area contributed by atoms with Crippen LogP contribution in [0.25, 0.3) is 0 Å². The lowest BCUT2D eigenvalue weighted by Crippen LogP contribution is -2.42. The van der Waals surface area contributed by atoms with Gasteiger partial charge in [0.1, 0.15) is 4.90 Å². The van der Waals surface area contributed by atoms with Crippen LogP contribution >= 0.6 is 0 Å². The summed E-state index contributed by atoms with van der Waals surface area (Å²) in [5.41, 5.74) is 0.810. The van der Waals surface area contributed by atoms with Gasteiger partial charge in [-0.1, -0.05) is 27.7 Å². The van der Waals surface area contributed by atoms with E-state index in [-0.39, 0.29) is 23.1 Å². The van der Waals surface area contributed by atoms with Gasteiger partial charge in [-0.05, 0) is 36.3 Å². The van der Waals surface area contributed by atoms with Gasteiger partial charge in [0, 0.05) is 19.3 Å². The van der Waals surface area contributed by atoms with Crippen molar-refractivity contribution in [2.75, 3.05) is 18.1 Å². The third-order valence-electron chi connectivity index (χ3n) is 4.87. The summed E-state index contributed by atoms with van der Waals surface area (Å²) in [6.45, 7) is 9.17. The maximum atomic E-state index is 12.9. The Morgan fingerprint density at radius 3 is 2.31 bits per heavy atom. The van der Waals surface area contributed by atoms with Crippen LogP contribution in [0.3, 0.4) is 0 Å². The van der Waals surface area contributed by atoms with Crippen LogP contribution in [-0.4, -0.2) is 42.4 Å². The number of nitrogens with zero attached hydrogens (tertiary/aromatic N) is 4. The topological polar surface area (TPSA) is 82.9 Å². The van der Waals surface area contributed by atoms with Crippen LogP contribution in [0.15, 0.2) is 28.3 Å². The maximum Gasteiger partial charge on any atom is 0.254 e. The molecule has 0 N–H and O–H groups in total. The van der Waals surface area contributed by atoms with Crippen LogP contribution in [-0.2, 0) is 14.8 Å². The molecule has 8 heteroatoms. The summed E-state index contributed by atoms with van der Waals surface area (Å²) in [4.78, 5) is 16.5. The summed E-state index contributed by atoms with van der Waals surface area (Å²) >= 11 is 0. The first-order valence-corrected chi connectivity index (χ1v) is 10.5. The molecule has 3 rings (SSSR count). The fourth-order valence-electron chi connectivity index (χ4n) is 3.55. The van der Waals surface area contributed by atoms with E-state index >= 15 is 0 Å². The zero-order chi connectivity index (χ0) is 19.1. The van der Waals surface area contributed by atoms with E-state index < -0.39 is 10.0 Å². The summed E-state index contributed by atoms with van der Waals surface area (Å²) in [5, 5.41) is 5.58. The van der Waals surface area contributed by atoms with Gasteiger partial charge in [0.2, 0.25) is 10.0 Å². The van der Waals surface area contributed by atoms with Gasteiger partial charge in [0.25, 0.3) is 5.91 Å². The summed E-state index contributed by atoms with van der Waals surface area (Å²) in [7, 11) is -3.57. The maximum absolute atomic E-state index is 12.9. The number of hydrazone groups is 1. The second-order valence-electron chi connectivity index (χ2n) is 7.75. The van der Waals surface area contributed by atoms with Crippen molar-refractivity contribution in [2.45, 2.75) is 45.4 Å². The van der Waals surface area contributed by atoms with Gasteiger partial charge in [-0.2, -0.15) is 14.4 Å². The molecule has 2 aliphatic rings. The van der Waals surface area contributed by atoms with Crippen molar-refractivity contribution in [1.29, 1.82) is 0 Å². The van der Waals surface area contributed by atoms with Crippen LogP contribution in [0, 0.1) is 17.8 Å². The molecule has 7 nitrogen and oxygen atoms in total. The Morgan fingerprint density at radius 1 is 1.15 bits per heavy atom. The van der Waals surface area contributed by atoms with E-state index in [1.54, 1.807) is 10.4 Å². The van der Waals surface area contributed by atoms with Crippen LogP contribution in [0.5, 0.6) is 0 Å². The second kappa shape index (κ2) is 7.08. The van der Waals surface area contributed by atoms with Crippen molar-refractivity contribution in [2.24, 2.45) is 22.9 Å². The Labute approximate surface area is 155 Å². The van der Waals surface area contributed by atoms with Gasteiger partial charge >= 0.3 is 0 Å². The van der Waals surface area contributed by atoms with E-state index in [0.29, 0.717) is 30.7 Å². The quantitative estimate of drug-likeness (QED) is 0.806. The molecule has 26 heavy (non-hydrogen) atoms. The highest BCUT2D eigenvalue weighted by molar-refractivity contribution is 7.89. The first kappa shape index (κ1) is 19.0. The van der Waals surface area contributed by atoms with Gasteiger partial charge in [0.05, 0.1) is 12.1 Å². The number of sulfonamides is 1. The largest absolute Gasteiger partial charge is 0.272 e. The molecule has 0 radical (unpaired) electrons. The Hall–Kier alpha value is -1.80. The second-order valence-corrected chi connectivity index (χ2v) is 9.69. The monoisotopic (exact) mass is 378 g/mol. The zero-order valence-corrected chi connectivity index (χ0v) is 16.5. The number of carbonyl (C=O) groups is 1. The minimum Gasteiger partial charge on any atom is -0.272 e. The minimum absolute atomic E-state index is 0.143. The summed E-state index contributed by atoms with van der Waals surface area (Å²) < 4.78 is 27.3. The molecule has 2 aliphatic heterocycles. The zero-order valence-electron chi connectivity index (χ0n) is 15.7. The molecule has 0 aliphatic carbocycles. The smallest absolute Gasteiger partial charge is 0.254 e. The summed E-state index contributed by atoms with van der Waals surface area (Å²) in [6.07, 6.45) is 2.64. The highest BCUT2D eigenvalue weighted by atomic mass is 32.2. The van der Waals surface area contributed by atoms with Gasteiger partial charge in [0.15, 0.2) is 5.82 Å². The number of amides is 1. The first-order valence-electron chi connectivity index (χ1n) is 9.05.